The van der Waals surface area contributed by atoms with Crippen LogP contribution in [-0.2, 0) is 5.54 Å². The first-order valence-corrected chi connectivity index (χ1v) is 6.96. The molecule has 1 saturated carbocycles. The summed E-state index contributed by atoms with van der Waals surface area (Å²) < 4.78 is 11.4. The monoisotopic (exact) mass is 267 g/mol. The highest BCUT2D eigenvalue weighted by molar-refractivity contribution is 6.31. The van der Waals surface area contributed by atoms with Crippen LogP contribution in [-0.4, -0.2) is 13.2 Å². The lowest BCUT2D eigenvalue weighted by Gasteiger charge is -2.36. The summed E-state index contributed by atoms with van der Waals surface area (Å²) in [5.41, 5.74) is 7.17. The highest BCUT2D eigenvalue weighted by Crippen LogP contribution is 2.47. The van der Waals surface area contributed by atoms with Gasteiger partial charge in [-0.05, 0) is 25.0 Å². The van der Waals surface area contributed by atoms with Crippen molar-refractivity contribution in [2.75, 3.05) is 13.2 Å². The number of nitrogens with two attached hydrogens (primary N) is 1. The number of ether oxygens (including phenoxy) is 2. The van der Waals surface area contributed by atoms with Gasteiger partial charge in [0.15, 0.2) is 11.5 Å². The maximum Gasteiger partial charge on any atom is 0.167 e. The highest BCUT2D eigenvalue weighted by Gasteiger charge is 2.36. The first-order valence-electron chi connectivity index (χ1n) is 6.58. The van der Waals surface area contributed by atoms with Gasteiger partial charge in [-0.15, -0.1) is 0 Å². The Hall–Kier alpha value is -0.930. The van der Waals surface area contributed by atoms with E-state index < -0.39 is 0 Å². The molecule has 98 valence electrons. The molecule has 4 heteroatoms. The van der Waals surface area contributed by atoms with Gasteiger partial charge in [0.05, 0.1) is 0 Å². The maximum absolute atomic E-state index is 6.59. The zero-order chi connectivity index (χ0) is 12.6. The SMILES string of the molecule is NC1(c2c(Cl)ccc3c2OCCO3)CCCCC1. The average molecular weight is 268 g/mol. The molecule has 1 aliphatic carbocycles. The Kier molecular flexibility index (Phi) is 3.12. The summed E-state index contributed by atoms with van der Waals surface area (Å²) in [7, 11) is 0. The molecule has 1 aliphatic heterocycles. The summed E-state index contributed by atoms with van der Waals surface area (Å²) in [6.45, 7) is 1.15. The lowest BCUT2D eigenvalue weighted by molar-refractivity contribution is 0.164. The minimum absolute atomic E-state index is 0.360. The second-order valence-electron chi connectivity index (χ2n) is 5.16. The lowest BCUT2D eigenvalue weighted by Crippen LogP contribution is -2.39. The van der Waals surface area contributed by atoms with Crippen LogP contribution in [0.5, 0.6) is 11.5 Å². The summed E-state index contributed by atoms with van der Waals surface area (Å²) in [5.74, 6) is 1.54. The van der Waals surface area contributed by atoms with E-state index in [1.165, 1.54) is 6.42 Å². The molecule has 3 nitrogen and oxygen atoms in total. The average Bonchev–Trinajstić information content (AvgIpc) is 2.39. The fourth-order valence-electron chi connectivity index (χ4n) is 2.99. The minimum atomic E-state index is -0.360. The standard InChI is InChI=1S/C14H18ClNO2/c15-10-4-5-11-13(18-9-8-17-11)12(10)14(16)6-2-1-3-7-14/h4-5H,1-3,6-9,16H2. The van der Waals surface area contributed by atoms with Gasteiger partial charge in [0, 0.05) is 16.1 Å². The maximum atomic E-state index is 6.59. The predicted octanol–water partition coefficient (Wildman–Crippen LogP) is 3.23. The van der Waals surface area contributed by atoms with E-state index in [0.717, 1.165) is 42.7 Å². The van der Waals surface area contributed by atoms with Crippen LogP contribution in [0.1, 0.15) is 37.7 Å². The van der Waals surface area contributed by atoms with Crippen LogP contribution in [0.15, 0.2) is 12.1 Å². The van der Waals surface area contributed by atoms with E-state index >= 15 is 0 Å². The molecule has 18 heavy (non-hydrogen) atoms. The van der Waals surface area contributed by atoms with Crippen LogP contribution in [0.25, 0.3) is 0 Å². The molecule has 3 rings (SSSR count). The highest BCUT2D eigenvalue weighted by atomic mass is 35.5. The van der Waals surface area contributed by atoms with Crippen molar-refractivity contribution in [2.45, 2.75) is 37.6 Å². The Labute approximate surface area is 112 Å². The Morgan fingerprint density at radius 2 is 1.78 bits per heavy atom. The topological polar surface area (TPSA) is 44.5 Å². The molecule has 0 unspecified atom stereocenters. The van der Waals surface area contributed by atoms with E-state index in [9.17, 15) is 0 Å². The summed E-state index contributed by atoms with van der Waals surface area (Å²) in [5, 5.41) is 0.698. The molecule has 2 N–H and O–H groups in total. The van der Waals surface area contributed by atoms with Gasteiger partial charge >= 0.3 is 0 Å². The van der Waals surface area contributed by atoms with Gasteiger partial charge in [0.2, 0.25) is 0 Å². The molecule has 0 amide bonds. The summed E-state index contributed by atoms with van der Waals surface area (Å²) in [6.07, 6.45) is 5.48. The third-order valence-corrected chi connectivity index (χ3v) is 4.22. The van der Waals surface area contributed by atoms with Crippen molar-refractivity contribution < 1.29 is 9.47 Å². The van der Waals surface area contributed by atoms with E-state index in [2.05, 4.69) is 0 Å². The van der Waals surface area contributed by atoms with Crippen LogP contribution in [0, 0.1) is 0 Å². The molecule has 1 heterocycles. The number of halogens is 1. The van der Waals surface area contributed by atoms with E-state index in [-0.39, 0.29) is 5.54 Å². The number of fused-ring (bicyclic) bond motifs is 1. The predicted molar refractivity (Wildman–Crippen MR) is 71.4 cm³/mol. The van der Waals surface area contributed by atoms with Crippen molar-refractivity contribution in [3.8, 4) is 11.5 Å². The van der Waals surface area contributed by atoms with Crippen molar-refractivity contribution in [3.63, 3.8) is 0 Å². The summed E-state index contributed by atoms with van der Waals surface area (Å²) in [6, 6.07) is 3.74. The molecule has 0 bridgehead atoms. The molecule has 0 saturated heterocycles. The third kappa shape index (κ3) is 1.95. The molecule has 0 aromatic heterocycles. The van der Waals surface area contributed by atoms with Crippen molar-refractivity contribution in [1.82, 2.24) is 0 Å². The van der Waals surface area contributed by atoms with Gasteiger partial charge < -0.3 is 15.2 Å². The summed E-state index contributed by atoms with van der Waals surface area (Å²) >= 11 is 6.37. The molecule has 1 fully saturated rings. The van der Waals surface area contributed by atoms with Gasteiger partial charge in [-0.1, -0.05) is 30.9 Å². The molecular formula is C14H18ClNO2. The zero-order valence-electron chi connectivity index (χ0n) is 10.4. The lowest BCUT2D eigenvalue weighted by atomic mass is 9.77. The van der Waals surface area contributed by atoms with E-state index in [4.69, 9.17) is 26.8 Å². The third-order valence-electron chi connectivity index (χ3n) is 3.90. The Morgan fingerprint density at radius 3 is 2.56 bits per heavy atom. The van der Waals surface area contributed by atoms with Crippen LogP contribution >= 0.6 is 11.6 Å². The Morgan fingerprint density at radius 1 is 1.06 bits per heavy atom. The van der Waals surface area contributed by atoms with Gasteiger partial charge in [0.25, 0.3) is 0 Å². The van der Waals surface area contributed by atoms with Crippen molar-refractivity contribution in [1.29, 1.82) is 0 Å². The van der Waals surface area contributed by atoms with E-state index in [0.29, 0.717) is 18.2 Å². The van der Waals surface area contributed by atoms with Gasteiger partial charge in [0.1, 0.15) is 13.2 Å². The second kappa shape index (κ2) is 4.63. The van der Waals surface area contributed by atoms with E-state index in [1.807, 2.05) is 12.1 Å². The van der Waals surface area contributed by atoms with Crippen molar-refractivity contribution in [3.05, 3.63) is 22.7 Å². The Bertz CT molecular complexity index is 455. The van der Waals surface area contributed by atoms with Gasteiger partial charge in [-0.25, -0.2) is 0 Å². The smallest absolute Gasteiger partial charge is 0.167 e. The molecule has 0 atom stereocenters. The number of hydrogen-bond acceptors (Lipinski definition) is 3. The first kappa shape index (κ1) is 12.1. The van der Waals surface area contributed by atoms with Crippen molar-refractivity contribution >= 4 is 11.6 Å². The second-order valence-corrected chi connectivity index (χ2v) is 5.57. The molecular weight excluding hydrogens is 250 g/mol. The fraction of sp³-hybridized carbons (Fsp3) is 0.571. The molecule has 0 radical (unpaired) electrons. The number of benzene rings is 1. The minimum Gasteiger partial charge on any atom is -0.486 e. The summed E-state index contributed by atoms with van der Waals surface area (Å²) in [4.78, 5) is 0. The number of rotatable bonds is 1. The van der Waals surface area contributed by atoms with Crippen LogP contribution in [0.4, 0.5) is 0 Å². The fourth-order valence-corrected chi connectivity index (χ4v) is 3.33. The molecule has 0 spiro atoms. The molecule has 1 aromatic rings. The van der Waals surface area contributed by atoms with E-state index in [1.54, 1.807) is 0 Å². The molecule has 2 aliphatic rings. The zero-order valence-corrected chi connectivity index (χ0v) is 11.1. The van der Waals surface area contributed by atoms with Crippen LogP contribution < -0.4 is 15.2 Å². The van der Waals surface area contributed by atoms with Crippen LogP contribution in [0.3, 0.4) is 0 Å². The normalized spacial score (nSPS) is 21.7. The van der Waals surface area contributed by atoms with Crippen molar-refractivity contribution in [2.24, 2.45) is 5.73 Å². The Balaban J connectivity index is 2.09. The van der Waals surface area contributed by atoms with Gasteiger partial charge in [-0.2, -0.15) is 0 Å². The first-order chi connectivity index (χ1) is 8.71. The quantitative estimate of drug-likeness (QED) is 0.850. The number of hydrogen-bond donors (Lipinski definition) is 1. The van der Waals surface area contributed by atoms with Gasteiger partial charge in [-0.3, -0.25) is 0 Å². The molecule has 1 aromatic carbocycles. The largest absolute Gasteiger partial charge is 0.486 e. The van der Waals surface area contributed by atoms with Crippen LogP contribution in [0.2, 0.25) is 5.02 Å².